The average molecular weight is 294 g/mol. The molecule has 22 heavy (non-hydrogen) atoms. The monoisotopic (exact) mass is 294 g/mol. The van der Waals surface area contributed by atoms with Gasteiger partial charge in [0.25, 0.3) is 0 Å². The van der Waals surface area contributed by atoms with Crippen LogP contribution in [0.5, 0.6) is 0 Å². The third kappa shape index (κ3) is 2.39. The van der Waals surface area contributed by atoms with Crippen molar-refractivity contribution in [3.05, 3.63) is 70.4 Å². The van der Waals surface area contributed by atoms with E-state index in [1.807, 2.05) is 30.3 Å². The number of hydrogen-bond donors (Lipinski definition) is 1. The zero-order valence-corrected chi connectivity index (χ0v) is 11.9. The molecular formula is C18H14O4. The Bertz CT molecular complexity index is 894. The van der Waals surface area contributed by atoms with Gasteiger partial charge >= 0.3 is 5.97 Å². The molecule has 0 spiro atoms. The third-order valence-corrected chi connectivity index (χ3v) is 3.68. The molecule has 0 saturated heterocycles. The predicted molar refractivity (Wildman–Crippen MR) is 84.0 cm³/mol. The fourth-order valence-electron chi connectivity index (χ4n) is 2.42. The molecule has 1 N–H and O–H groups in total. The van der Waals surface area contributed by atoms with E-state index in [4.69, 9.17) is 4.42 Å². The molecule has 1 heterocycles. The highest BCUT2D eigenvalue weighted by Crippen LogP contribution is 2.28. The van der Waals surface area contributed by atoms with Crippen LogP contribution in [0.15, 0.2) is 63.8 Å². The maximum absolute atomic E-state index is 12.3. The van der Waals surface area contributed by atoms with Crippen LogP contribution in [-0.4, -0.2) is 11.1 Å². The van der Waals surface area contributed by atoms with Gasteiger partial charge in [0, 0.05) is 17.2 Å². The molecule has 110 valence electrons. The summed E-state index contributed by atoms with van der Waals surface area (Å²) in [6.07, 6.45) is 0. The van der Waals surface area contributed by atoms with E-state index < -0.39 is 11.9 Å². The number of aliphatic carboxylic acids is 1. The summed E-state index contributed by atoms with van der Waals surface area (Å²) >= 11 is 0. The van der Waals surface area contributed by atoms with Crippen molar-refractivity contribution in [2.24, 2.45) is 0 Å². The van der Waals surface area contributed by atoms with Crippen molar-refractivity contribution in [2.45, 2.75) is 12.8 Å². The SMILES string of the molecule is C[C@H](C(=O)O)c1cccc2c(=O)cc(-c3ccccc3)oc12. The fraction of sp³-hybridized carbons (Fsp3) is 0.111. The molecule has 0 bridgehead atoms. The van der Waals surface area contributed by atoms with E-state index in [9.17, 15) is 14.7 Å². The molecule has 3 rings (SSSR count). The van der Waals surface area contributed by atoms with E-state index in [0.29, 0.717) is 22.3 Å². The first-order chi connectivity index (χ1) is 10.6. The second-order valence-electron chi connectivity index (χ2n) is 5.12. The molecule has 4 heteroatoms. The van der Waals surface area contributed by atoms with Gasteiger partial charge in [-0.1, -0.05) is 42.5 Å². The van der Waals surface area contributed by atoms with Crippen molar-refractivity contribution in [3.63, 3.8) is 0 Å². The molecule has 3 aromatic rings. The first-order valence-electron chi connectivity index (χ1n) is 6.93. The van der Waals surface area contributed by atoms with Crippen molar-refractivity contribution in [3.8, 4) is 11.3 Å². The summed E-state index contributed by atoms with van der Waals surface area (Å²) in [5.74, 6) is -1.28. The number of para-hydroxylation sites is 1. The molecule has 0 unspecified atom stereocenters. The largest absolute Gasteiger partial charge is 0.481 e. The lowest BCUT2D eigenvalue weighted by Gasteiger charge is -2.10. The lowest BCUT2D eigenvalue weighted by molar-refractivity contribution is -0.138. The summed E-state index contributed by atoms with van der Waals surface area (Å²) in [7, 11) is 0. The third-order valence-electron chi connectivity index (χ3n) is 3.68. The van der Waals surface area contributed by atoms with Gasteiger partial charge in [-0.15, -0.1) is 0 Å². The summed E-state index contributed by atoms with van der Waals surface area (Å²) in [5, 5.41) is 9.62. The van der Waals surface area contributed by atoms with Crippen molar-refractivity contribution in [2.75, 3.05) is 0 Å². The number of carboxylic acid groups (broad SMARTS) is 1. The van der Waals surface area contributed by atoms with Crippen LogP contribution in [0.4, 0.5) is 0 Å². The number of carbonyl (C=O) groups is 1. The summed E-state index contributed by atoms with van der Waals surface area (Å²) in [6.45, 7) is 1.58. The fourth-order valence-corrected chi connectivity index (χ4v) is 2.42. The van der Waals surface area contributed by atoms with Crippen LogP contribution >= 0.6 is 0 Å². The Morgan fingerprint density at radius 1 is 1.09 bits per heavy atom. The molecule has 4 nitrogen and oxygen atoms in total. The zero-order valence-electron chi connectivity index (χ0n) is 11.9. The molecule has 0 fully saturated rings. The number of benzene rings is 2. The Morgan fingerprint density at radius 3 is 2.50 bits per heavy atom. The molecule has 0 aliphatic rings. The smallest absolute Gasteiger partial charge is 0.310 e. The van der Waals surface area contributed by atoms with Crippen molar-refractivity contribution in [1.29, 1.82) is 0 Å². The standard InChI is InChI=1S/C18H14O4/c1-11(18(20)21)13-8-5-9-14-15(19)10-16(22-17(13)14)12-6-3-2-4-7-12/h2-11H,1H3,(H,20,21)/t11-/m0/s1. The van der Waals surface area contributed by atoms with Gasteiger partial charge in [0.2, 0.25) is 0 Å². The summed E-state index contributed by atoms with van der Waals surface area (Å²) in [6, 6.07) is 15.7. The second-order valence-corrected chi connectivity index (χ2v) is 5.12. The highest BCUT2D eigenvalue weighted by molar-refractivity contribution is 5.87. The van der Waals surface area contributed by atoms with Gasteiger partial charge in [-0.05, 0) is 13.0 Å². The van der Waals surface area contributed by atoms with E-state index in [1.54, 1.807) is 25.1 Å². The summed E-state index contributed by atoms with van der Waals surface area (Å²) < 4.78 is 5.87. The molecule has 0 radical (unpaired) electrons. The minimum atomic E-state index is -0.958. The number of fused-ring (bicyclic) bond motifs is 1. The molecule has 1 aromatic heterocycles. The highest BCUT2D eigenvalue weighted by Gasteiger charge is 2.19. The maximum Gasteiger partial charge on any atom is 0.310 e. The van der Waals surface area contributed by atoms with Gasteiger partial charge in [0.1, 0.15) is 11.3 Å². The van der Waals surface area contributed by atoms with Crippen molar-refractivity contribution < 1.29 is 14.3 Å². The predicted octanol–water partition coefficient (Wildman–Crippen LogP) is 3.65. The second kappa shape index (κ2) is 5.48. The maximum atomic E-state index is 12.3. The van der Waals surface area contributed by atoms with Crippen LogP contribution in [0.25, 0.3) is 22.3 Å². The summed E-state index contributed by atoms with van der Waals surface area (Å²) in [5.41, 5.74) is 1.43. The highest BCUT2D eigenvalue weighted by atomic mass is 16.4. The van der Waals surface area contributed by atoms with Gasteiger partial charge in [-0.3, -0.25) is 9.59 Å². The quantitative estimate of drug-likeness (QED) is 0.800. The van der Waals surface area contributed by atoms with E-state index >= 15 is 0 Å². The lowest BCUT2D eigenvalue weighted by atomic mass is 9.98. The molecule has 0 amide bonds. The molecule has 1 atom stereocenters. The first kappa shape index (κ1) is 14.1. The van der Waals surface area contributed by atoms with Gasteiger partial charge in [-0.25, -0.2) is 0 Å². The molecule has 0 saturated carbocycles. The van der Waals surface area contributed by atoms with E-state index in [2.05, 4.69) is 0 Å². The van der Waals surface area contributed by atoms with Crippen LogP contribution in [0.3, 0.4) is 0 Å². The first-order valence-corrected chi connectivity index (χ1v) is 6.93. The van der Waals surface area contributed by atoms with Gasteiger partial charge < -0.3 is 9.52 Å². The van der Waals surface area contributed by atoms with Crippen LogP contribution < -0.4 is 5.43 Å². The van der Waals surface area contributed by atoms with Crippen LogP contribution in [0, 0.1) is 0 Å². The van der Waals surface area contributed by atoms with Crippen LogP contribution in [-0.2, 0) is 4.79 Å². The Morgan fingerprint density at radius 2 is 1.82 bits per heavy atom. The van der Waals surface area contributed by atoms with Crippen LogP contribution in [0.2, 0.25) is 0 Å². The van der Waals surface area contributed by atoms with Gasteiger partial charge in [-0.2, -0.15) is 0 Å². The van der Waals surface area contributed by atoms with Crippen molar-refractivity contribution >= 4 is 16.9 Å². The Balaban J connectivity index is 2.30. The average Bonchev–Trinajstić information content (AvgIpc) is 2.54. The van der Waals surface area contributed by atoms with E-state index in [0.717, 1.165) is 5.56 Å². The number of carboxylic acids is 1. The minimum absolute atomic E-state index is 0.181. The Hall–Kier alpha value is -2.88. The molecule has 0 aliphatic carbocycles. The number of rotatable bonds is 3. The van der Waals surface area contributed by atoms with Gasteiger partial charge in [0.05, 0.1) is 11.3 Å². The zero-order chi connectivity index (χ0) is 15.7. The van der Waals surface area contributed by atoms with Crippen molar-refractivity contribution in [1.82, 2.24) is 0 Å². The Kier molecular flexibility index (Phi) is 3.51. The van der Waals surface area contributed by atoms with E-state index in [1.165, 1.54) is 6.07 Å². The molecule has 2 aromatic carbocycles. The Labute approximate surface area is 126 Å². The topological polar surface area (TPSA) is 67.5 Å². The van der Waals surface area contributed by atoms with Gasteiger partial charge in [0.15, 0.2) is 5.43 Å². The summed E-state index contributed by atoms with van der Waals surface area (Å²) in [4.78, 5) is 23.6. The van der Waals surface area contributed by atoms with E-state index in [-0.39, 0.29) is 5.43 Å². The number of hydrogen-bond acceptors (Lipinski definition) is 3. The normalized spacial score (nSPS) is 12.2. The lowest BCUT2D eigenvalue weighted by Crippen LogP contribution is -2.09. The minimum Gasteiger partial charge on any atom is -0.481 e. The molecule has 0 aliphatic heterocycles. The molecular weight excluding hydrogens is 280 g/mol. The van der Waals surface area contributed by atoms with Crippen LogP contribution in [0.1, 0.15) is 18.4 Å².